The van der Waals surface area contributed by atoms with Gasteiger partial charge in [-0.25, -0.2) is 4.39 Å². The van der Waals surface area contributed by atoms with Crippen LogP contribution in [0, 0.1) is 5.82 Å². The standard InChI is InChI=1S/C16H21FI2O2Si/c1-15(2,3)22(4,5)21-13-9-16(18,19)12-8-10(17)6-7-11(12)14(13)20/h6-8,13H,9H2,1-5H3. The van der Waals surface area contributed by atoms with Crippen LogP contribution in [0.15, 0.2) is 18.2 Å². The highest BCUT2D eigenvalue weighted by atomic mass is 127. The highest BCUT2D eigenvalue weighted by Crippen LogP contribution is 2.50. The molecule has 0 N–H and O–H groups in total. The van der Waals surface area contributed by atoms with Crippen molar-refractivity contribution in [2.24, 2.45) is 0 Å². The van der Waals surface area contributed by atoms with Crippen molar-refractivity contribution < 1.29 is 13.6 Å². The molecule has 22 heavy (non-hydrogen) atoms. The number of carbonyl (C=O) groups excluding carboxylic acids is 1. The van der Waals surface area contributed by atoms with E-state index in [1.54, 1.807) is 6.07 Å². The molecule has 2 nitrogen and oxygen atoms in total. The summed E-state index contributed by atoms with van der Waals surface area (Å²) in [7, 11) is -2.03. The van der Waals surface area contributed by atoms with E-state index in [-0.39, 0.29) is 18.1 Å². The molecule has 1 aliphatic carbocycles. The number of hydrogen-bond acceptors (Lipinski definition) is 2. The molecule has 0 saturated carbocycles. The van der Waals surface area contributed by atoms with Gasteiger partial charge in [0.05, 0.1) is 0 Å². The van der Waals surface area contributed by atoms with Gasteiger partial charge in [-0.1, -0.05) is 66.0 Å². The number of halogens is 3. The number of Topliss-reactive ketones (excluding diaryl/α,β-unsaturated/α-hetero) is 1. The van der Waals surface area contributed by atoms with Crippen molar-refractivity contribution in [3.05, 3.63) is 35.1 Å². The molecule has 1 aliphatic rings. The van der Waals surface area contributed by atoms with Crippen LogP contribution in [-0.4, -0.2) is 20.2 Å². The van der Waals surface area contributed by atoms with Gasteiger partial charge in [-0.05, 0) is 41.9 Å². The number of ketones is 1. The number of rotatable bonds is 2. The van der Waals surface area contributed by atoms with E-state index in [2.05, 4.69) is 79.0 Å². The van der Waals surface area contributed by atoms with Crippen molar-refractivity contribution in [2.75, 3.05) is 0 Å². The number of hydrogen-bond donors (Lipinski definition) is 0. The van der Waals surface area contributed by atoms with Crippen LogP contribution in [0.1, 0.15) is 43.1 Å². The maximum Gasteiger partial charge on any atom is 0.193 e. The average Bonchev–Trinajstić information content (AvgIpc) is 2.33. The van der Waals surface area contributed by atoms with Crippen LogP contribution >= 0.6 is 45.2 Å². The zero-order chi connectivity index (χ0) is 16.9. The lowest BCUT2D eigenvalue weighted by atomic mass is 9.88. The topological polar surface area (TPSA) is 26.3 Å². The molecule has 0 fully saturated rings. The molecule has 122 valence electrons. The summed E-state index contributed by atoms with van der Waals surface area (Å²) >= 11 is 4.60. The molecule has 0 aliphatic heterocycles. The fourth-order valence-corrected chi connectivity index (χ4v) is 5.22. The second-order valence-electron chi connectivity index (χ2n) is 7.33. The molecule has 0 heterocycles. The lowest BCUT2D eigenvalue weighted by molar-refractivity contribution is 0.0731. The van der Waals surface area contributed by atoms with Crippen molar-refractivity contribution in [3.8, 4) is 0 Å². The molecule has 0 spiro atoms. The number of carbonyl (C=O) groups is 1. The normalized spacial score (nSPS) is 21.6. The summed E-state index contributed by atoms with van der Waals surface area (Å²) in [5.41, 5.74) is 1.37. The molecule has 1 aromatic rings. The minimum Gasteiger partial charge on any atom is -0.406 e. The smallest absolute Gasteiger partial charge is 0.193 e. The Morgan fingerprint density at radius 2 is 1.91 bits per heavy atom. The van der Waals surface area contributed by atoms with E-state index in [4.69, 9.17) is 4.43 Å². The third-order valence-electron chi connectivity index (χ3n) is 4.62. The van der Waals surface area contributed by atoms with Gasteiger partial charge in [0, 0.05) is 12.0 Å². The van der Waals surface area contributed by atoms with Crippen LogP contribution in [0.3, 0.4) is 0 Å². The summed E-state index contributed by atoms with van der Waals surface area (Å²) in [6, 6.07) is 4.43. The summed E-state index contributed by atoms with van der Waals surface area (Å²) in [5, 5.41) is 0.0511. The fraction of sp³-hybridized carbons (Fsp3) is 0.562. The Hall–Kier alpha value is 0.457. The number of alkyl halides is 2. The van der Waals surface area contributed by atoms with Crippen molar-refractivity contribution in [2.45, 2.75) is 52.9 Å². The summed E-state index contributed by atoms with van der Waals surface area (Å²) in [6.07, 6.45) is 0.142. The SMILES string of the molecule is CC(C)(C)[Si](C)(C)OC1CC(I)(I)c2cc(F)ccc2C1=O. The van der Waals surface area contributed by atoms with Crippen LogP contribution in [0.5, 0.6) is 0 Å². The molecule has 0 amide bonds. The zero-order valence-corrected chi connectivity index (χ0v) is 18.8. The van der Waals surface area contributed by atoms with Crippen LogP contribution in [0.2, 0.25) is 18.1 Å². The Labute approximate surface area is 160 Å². The molecule has 1 atom stereocenters. The predicted molar refractivity (Wildman–Crippen MR) is 107 cm³/mol. The predicted octanol–water partition coefficient (Wildman–Crippen LogP) is 5.83. The number of fused-ring (bicyclic) bond motifs is 1. The minimum absolute atomic E-state index is 0.0104. The lowest BCUT2D eigenvalue weighted by Crippen LogP contribution is -2.48. The van der Waals surface area contributed by atoms with Crippen LogP contribution < -0.4 is 0 Å². The van der Waals surface area contributed by atoms with E-state index in [1.165, 1.54) is 12.1 Å². The van der Waals surface area contributed by atoms with Gasteiger partial charge in [0.1, 0.15) is 13.3 Å². The van der Waals surface area contributed by atoms with Gasteiger partial charge in [0.2, 0.25) is 0 Å². The molecule has 6 heteroatoms. The quantitative estimate of drug-likeness (QED) is 0.266. The highest BCUT2D eigenvalue weighted by molar-refractivity contribution is 14.2. The summed E-state index contributed by atoms with van der Waals surface area (Å²) in [4.78, 5) is 12.8. The van der Waals surface area contributed by atoms with E-state index >= 15 is 0 Å². The van der Waals surface area contributed by atoms with Crippen molar-refractivity contribution in [1.82, 2.24) is 0 Å². The Morgan fingerprint density at radius 3 is 2.45 bits per heavy atom. The van der Waals surface area contributed by atoms with Gasteiger partial charge in [0.15, 0.2) is 14.1 Å². The van der Waals surface area contributed by atoms with E-state index < -0.39 is 14.4 Å². The van der Waals surface area contributed by atoms with Gasteiger partial charge >= 0.3 is 0 Å². The van der Waals surface area contributed by atoms with E-state index in [0.717, 1.165) is 5.56 Å². The molecule has 0 bridgehead atoms. The van der Waals surface area contributed by atoms with E-state index in [1.807, 2.05) is 0 Å². The van der Waals surface area contributed by atoms with Crippen molar-refractivity contribution in [1.29, 1.82) is 0 Å². The first-order valence-electron chi connectivity index (χ1n) is 7.25. The summed E-state index contributed by atoms with van der Waals surface area (Å²) in [5.74, 6) is -0.309. The third kappa shape index (κ3) is 3.59. The first-order valence-corrected chi connectivity index (χ1v) is 12.3. The summed E-state index contributed by atoms with van der Waals surface area (Å²) in [6.45, 7) is 10.8. The highest BCUT2D eigenvalue weighted by Gasteiger charge is 2.46. The van der Waals surface area contributed by atoms with Crippen LogP contribution in [-0.2, 0) is 5.85 Å². The van der Waals surface area contributed by atoms with Gasteiger partial charge in [-0.15, -0.1) is 0 Å². The minimum atomic E-state index is -2.03. The second kappa shape index (κ2) is 6.07. The molecule has 2 rings (SSSR count). The average molecular weight is 546 g/mol. The molecular formula is C16H21FI2O2Si. The molecular weight excluding hydrogens is 525 g/mol. The summed E-state index contributed by atoms with van der Waals surface area (Å²) < 4.78 is 19.6. The monoisotopic (exact) mass is 546 g/mol. The first kappa shape index (κ1) is 18.8. The Kier molecular flexibility index (Phi) is 5.19. The molecule has 0 saturated heterocycles. The van der Waals surface area contributed by atoms with Crippen LogP contribution in [0.25, 0.3) is 0 Å². The first-order chi connectivity index (χ1) is 9.85. The molecule has 1 aromatic carbocycles. The molecule has 0 aromatic heterocycles. The maximum atomic E-state index is 13.5. The number of benzene rings is 1. The Morgan fingerprint density at radius 1 is 1.32 bits per heavy atom. The van der Waals surface area contributed by atoms with Crippen molar-refractivity contribution >= 4 is 59.3 Å². The lowest BCUT2D eigenvalue weighted by Gasteiger charge is -2.42. The molecule has 0 radical (unpaired) electrons. The zero-order valence-electron chi connectivity index (χ0n) is 13.5. The maximum absolute atomic E-state index is 13.5. The molecule has 1 unspecified atom stereocenters. The second-order valence-corrected chi connectivity index (χ2v) is 17.8. The largest absolute Gasteiger partial charge is 0.406 e. The van der Waals surface area contributed by atoms with E-state index in [9.17, 15) is 9.18 Å². The van der Waals surface area contributed by atoms with E-state index in [0.29, 0.717) is 12.0 Å². The van der Waals surface area contributed by atoms with Gasteiger partial charge in [-0.2, -0.15) is 0 Å². The van der Waals surface area contributed by atoms with Crippen LogP contribution in [0.4, 0.5) is 4.39 Å². The Bertz CT molecular complexity index is 609. The van der Waals surface area contributed by atoms with Gasteiger partial charge in [0.25, 0.3) is 0 Å². The van der Waals surface area contributed by atoms with Gasteiger partial charge < -0.3 is 4.43 Å². The Balaban J connectivity index is 2.39. The van der Waals surface area contributed by atoms with Gasteiger partial charge in [-0.3, -0.25) is 4.79 Å². The third-order valence-corrected chi connectivity index (χ3v) is 11.1. The van der Waals surface area contributed by atoms with Crippen molar-refractivity contribution in [3.63, 3.8) is 0 Å². The fourth-order valence-electron chi connectivity index (χ4n) is 2.27.